The number of aromatic nitrogens is 2. The number of carbonyl (C=O) groups is 2. The van der Waals surface area contributed by atoms with Crippen molar-refractivity contribution in [3.63, 3.8) is 0 Å². The summed E-state index contributed by atoms with van der Waals surface area (Å²) >= 11 is 0. The third-order valence-corrected chi connectivity index (χ3v) is 6.41. The van der Waals surface area contributed by atoms with Gasteiger partial charge in [-0.25, -0.2) is 0 Å². The Labute approximate surface area is 182 Å². The molecule has 2 aliphatic rings. The number of hydrogen-bond acceptors (Lipinski definition) is 5. The Morgan fingerprint density at radius 2 is 1.94 bits per heavy atom. The summed E-state index contributed by atoms with van der Waals surface area (Å²) < 4.78 is 1.70. The van der Waals surface area contributed by atoms with Crippen molar-refractivity contribution < 1.29 is 9.59 Å². The first-order valence-corrected chi connectivity index (χ1v) is 10.8. The van der Waals surface area contributed by atoms with Crippen LogP contribution in [0.25, 0.3) is 0 Å². The Morgan fingerprint density at radius 1 is 1.23 bits per heavy atom. The van der Waals surface area contributed by atoms with Gasteiger partial charge in [-0.2, -0.15) is 10.4 Å². The molecule has 1 aliphatic carbocycles. The average Bonchev–Trinajstić information content (AvgIpc) is 3.54. The molecule has 2 fully saturated rings. The van der Waals surface area contributed by atoms with Crippen LogP contribution in [0, 0.1) is 17.2 Å². The van der Waals surface area contributed by atoms with Crippen molar-refractivity contribution in [3.8, 4) is 6.07 Å². The number of likely N-dealkylation sites (tertiary alicyclic amines) is 1. The number of nitrogens with two attached hydrogens (primary N) is 1. The first-order chi connectivity index (χ1) is 15.0. The number of amides is 2. The van der Waals surface area contributed by atoms with Gasteiger partial charge in [0.25, 0.3) is 5.91 Å². The predicted octanol–water partition coefficient (Wildman–Crippen LogP) is 2.28. The maximum atomic E-state index is 12.2. The molecule has 4 rings (SSSR count). The molecule has 1 aromatic heterocycles. The van der Waals surface area contributed by atoms with E-state index in [9.17, 15) is 14.9 Å². The zero-order valence-corrected chi connectivity index (χ0v) is 17.6. The van der Waals surface area contributed by atoms with Crippen LogP contribution >= 0.6 is 0 Å². The van der Waals surface area contributed by atoms with Crippen molar-refractivity contribution in [2.24, 2.45) is 11.7 Å². The minimum Gasteiger partial charge on any atom is -0.365 e. The first-order valence-electron chi connectivity index (χ1n) is 10.8. The number of primary amides is 1. The molecule has 1 saturated carbocycles. The van der Waals surface area contributed by atoms with Crippen LogP contribution in [0.5, 0.6) is 0 Å². The Bertz CT molecular complexity index is 981. The number of carbonyl (C=O) groups excluding carboxylic acids is 2. The number of nitrogens with one attached hydrogen (secondary N) is 1. The topological polar surface area (TPSA) is 117 Å². The van der Waals surface area contributed by atoms with Gasteiger partial charge in [-0.05, 0) is 37.7 Å². The second-order valence-electron chi connectivity index (χ2n) is 8.60. The average molecular weight is 421 g/mol. The van der Waals surface area contributed by atoms with Crippen molar-refractivity contribution in [2.45, 2.75) is 44.1 Å². The van der Waals surface area contributed by atoms with Gasteiger partial charge < -0.3 is 16.0 Å². The van der Waals surface area contributed by atoms with E-state index in [4.69, 9.17) is 5.73 Å². The molecule has 0 spiro atoms. The molecule has 31 heavy (non-hydrogen) atoms. The van der Waals surface area contributed by atoms with E-state index in [-0.39, 0.29) is 29.6 Å². The van der Waals surface area contributed by atoms with Crippen LogP contribution in [-0.4, -0.2) is 46.1 Å². The van der Waals surface area contributed by atoms with E-state index < -0.39 is 11.4 Å². The third-order valence-electron chi connectivity index (χ3n) is 6.41. The van der Waals surface area contributed by atoms with Crippen LogP contribution in [0.2, 0.25) is 0 Å². The first kappa shape index (κ1) is 21.1. The molecule has 1 aliphatic heterocycles. The van der Waals surface area contributed by atoms with Crippen LogP contribution in [0.4, 0.5) is 5.82 Å². The summed E-state index contributed by atoms with van der Waals surface area (Å²) in [5.74, 6) is -0.567. The maximum absolute atomic E-state index is 12.2. The van der Waals surface area contributed by atoms with Crippen LogP contribution in [0.3, 0.4) is 0 Å². The van der Waals surface area contributed by atoms with Crippen LogP contribution in [0.1, 0.15) is 48.0 Å². The van der Waals surface area contributed by atoms with E-state index in [1.54, 1.807) is 10.9 Å². The second kappa shape index (κ2) is 8.90. The lowest BCUT2D eigenvalue weighted by atomic mass is 9.85. The zero-order valence-electron chi connectivity index (χ0n) is 17.6. The van der Waals surface area contributed by atoms with Crippen molar-refractivity contribution in [1.82, 2.24) is 14.7 Å². The summed E-state index contributed by atoms with van der Waals surface area (Å²) in [5, 5.41) is 16.8. The van der Waals surface area contributed by atoms with E-state index in [0.29, 0.717) is 0 Å². The minimum atomic E-state index is -0.634. The molecule has 8 nitrogen and oxygen atoms in total. The predicted molar refractivity (Wildman–Crippen MR) is 116 cm³/mol. The molecule has 0 bridgehead atoms. The van der Waals surface area contributed by atoms with Crippen molar-refractivity contribution in [2.75, 3.05) is 25.0 Å². The highest BCUT2D eigenvalue weighted by Gasteiger charge is 2.39. The summed E-state index contributed by atoms with van der Waals surface area (Å²) in [4.78, 5) is 26.6. The quantitative estimate of drug-likeness (QED) is 0.679. The van der Waals surface area contributed by atoms with E-state index in [1.165, 1.54) is 5.56 Å². The highest BCUT2D eigenvalue weighted by Crippen LogP contribution is 2.35. The number of piperidine rings is 1. The van der Waals surface area contributed by atoms with Gasteiger partial charge in [0.1, 0.15) is 5.56 Å². The lowest BCUT2D eigenvalue weighted by Crippen LogP contribution is -2.46. The molecule has 0 unspecified atom stereocenters. The van der Waals surface area contributed by atoms with Gasteiger partial charge in [0.2, 0.25) is 5.91 Å². The van der Waals surface area contributed by atoms with Crippen molar-refractivity contribution in [1.29, 1.82) is 5.26 Å². The molecular weight excluding hydrogens is 392 g/mol. The van der Waals surface area contributed by atoms with Gasteiger partial charge in [-0.3, -0.25) is 14.3 Å². The van der Waals surface area contributed by atoms with Crippen LogP contribution in [-0.2, 0) is 16.8 Å². The Morgan fingerprint density at radius 3 is 2.55 bits per heavy atom. The number of rotatable bonds is 8. The highest BCUT2D eigenvalue weighted by molar-refractivity contribution is 6.02. The number of nitriles is 1. The van der Waals surface area contributed by atoms with Gasteiger partial charge in [-0.1, -0.05) is 30.3 Å². The second-order valence-corrected chi connectivity index (χ2v) is 8.60. The molecule has 1 saturated heterocycles. The van der Waals surface area contributed by atoms with Gasteiger partial charge in [0, 0.05) is 31.7 Å². The molecular formula is C23H28N6O2. The standard InChI is InChI=1S/C23H28N6O2/c24-12-9-23(10-14-28(15-11-23)13-8-17-4-2-1-3-5-17)29-16-19(20(25)30)21(27-29)26-22(31)18-6-7-18/h1-5,16,18H,6-11,13-15H2,(H2,25,30)(H,26,27,31). The molecule has 2 aromatic rings. The van der Waals surface area contributed by atoms with E-state index in [0.717, 1.165) is 51.7 Å². The number of anilines is 1. The van der Waals surface area contributed by atoms with E-state index in [1.807, 2.05) is 6.07 Å². The SMILES string of the molecule is N#CCC1(n2cc(C(N)=O)c(NC(=O)C3CC3)n2)CCN(CCc2ccccc2)CC1. The van der Waals surface area contributed by atoms with Crippen LogP contribution in [0.15, 0.2) is 36.5 Å². The van der Waals surface area contributed by atoms with Gasteiger partial charge in [0.15, 0.2) is 5.82 Å². The number of benzene rings is 1. The smallest absolute Gasteiger partial charge is 0.254 e. The Hall–Kier alpha value is -3.18. The lowest BCUT2D eigenvalue weighted by Gasteiger charge is -2.40. The van der Waals surface area contributed by atoms with E-state index in [2.05, 4.69) is 45.7 Å². The van der Waals surface area contributed by atoms with Gasteiger partial charge in [-0.15, -0.1) is 0 Å². The summed E-state index contributed by atoms with van der Waals surface area (Å²) in [6.45, 7) is 2.63. The minimum absolute atomic E-state index is 0.00759. The van der Waals surface area contributed by atoms with Crippen molar-refractivity contribution >= 4 is 17.6 Å². The van der Waals surface area contributed by atoms with E-state index >= 15 is 0 Å². The highest BCUT2D eigenvalue weighted by atomic mass is 16.2. The summed E-state index contributed by atoms with van der Waals surface area (Å²) in [5.41, 5.74) is 6.54. The van der Waals surface area contributed by atoms with Crippen LogP contribution < -0.4 is 11.1 Å². The zero-order chi connectivity index (χ0) is 21.8. The maximum Gasteiger partial charge on any atom is 0.254 e. The number of nitrogens with zero attached hydrogens (tertiary/aromatic N) is 4. The normalized spacial score (nSPS) is 18.3. The fourth-order valence-electron chi connectivity index (χ4n) is 4.21. The largest absolute Gasteiger partial charge is 0.365 e. The fourth-order valence-corrected chi connectivity index (χ4v) is 4.21. The summed E-state index contributed by atoms with van der Waals surface area (Å²) in [6.07, 6.45) is 6.07. The fraction of sp³-hybridized carbons (Fsp3) is 0.478. The Balaban J connectivity index is 1.47. The molecule has 2 heterocycles. The van der Waals surface area contributed by atoms with Gasteiger partial charge >= 0.3 is 0 Å². The molecule has 2 amide bonds. The lowest BCUT2D eigenvalue weighted by molar-refractivity contribution is -0.117. The molecule has 1 aromatic carbocycles. The molecule has 8 heteroatoms. The molecule has 0 atom stereocenters. The third kappa shape index (κ3) is 4.78. The number of hydrogen-bond donors (Lipinski definition) is 2. The monoisotopic (exact) mass is 420 g/mol. The molecule has 3 N–H and O–H groups in total. The Kier molecular flexibility index (Phi) is 6.05. The summed E-state index contributed by atoms with van der Waals surface area (Å²) in [7, 11) is 0. The van der Waals surface area contributed by atoms with Crippen molar-refractivity contribution in [3.05, 3.63) is 47.7 Å². The molecule has 162 valence electrons. The van der Waals surface area contributed by atoms with Gasteiger partial charge in [0.05, 0.1) is 18.0 Å². The summed E-state index contributed by atoms with van der Waals surface area (Å²) in [6, 6.07) is 12.7. The molecule has 0 radical (unpaired) electrons.